The van der Waals surface area contributed by atoms with E-state index in [9.17, 15) is 9.90 Å². The molecule has 12 heavy (non-hydrogen) atoms. The van der Waals surface area contributed by atoms with Gasteiger partial charge < -0.3 is 15.2 Å². The summed E-state index contributed by atoms with van der Waals surface area (Å²) in [7, 11) is 0. The molecule has 1 saturated carbocycles. The van der Waals surface area contributed by atoms with Crippen molar-refractivity contribution in [1.82, 2.24) is 5.32 Å². The van der Waals surface area contributed by atoms with E-state index in [1.54, 1.807) is 0 Å². The van der Waals surface area contributed by atoms with Gasteiger partial charge in [-0.3, -0.25) is 0 Å². The minimum absolute atomic E-state index is 0.118. The Morgan fingerprint density at radius 2 is 2.33 bits per heavy atom. The molecule has 2 bridgehead atoms. The lowest BCUT2D eigenvalue weighted by molar-refractivity contribution is -0.125. The highest BCUT2D eigenvalue weighted by molar-refractivity contribution is 5.59. The van der Waals surface area contributed by atoms with Gasteiger partial charge in [-0.15, -0.1) is 0 Å². The number of fused-ring (bicyclic) bond motifs is 3. The van der Waals surface area contributed by atoms with Crippen molar-refractivity contribution in [2.24, 2.45) is 5.92 Å². The summed E-state index contributed by atoms with van der Waals surface area (Å²) in [5.74, 6) is 0.125. The van der Waals surface area contributed by atoms with Crippen molar-refractivity contribution in [3.63, 3.8) is 0 Å². The summed E-state index contributed by atoms with van der Waals surface area (Å²) in [6.45, 7) is 1.85. The number of piperidine rings is 2. The zero-order valence-electron chi connectivity index (χ0n) is 7.29. The van der Waals surface area contributed by atoms with Gasteiger partial charge in [-0.25, -0.2) is 0 Å². The van der Waals surface area contributed by atoms with Crippen LogP contribution in [0.4, 0.5) is 0 Å². The zero-order valence-corrected chi connectivity index (χ0v) is 7.29. The lowest BCUT2D eigenvalue weighted by Gasteiger charge is -2.50. The SMILES string of the molecule is C[C@@]1(O)C[C@@H]2CC[C@H]1[C@@H](C=O)N2. The molecule has 3 rings (SSSR count). The van der Waals surface area contributed by atoms with Crippen LogP contribution in [-0.4, -0.2) is 29.1 Å². The molecule has 2 saturated heterocycles. The van der Waals surface area contributed by atoms with Gasteiger partial charge in [0.1, 0.15) is 6.29 Å². The Hall–Kier alpha value is -0.410. The summed E-state index contributed by atoms with van der Waals surface area (Å²) >= 11 is 0. The molecule has 0 aromatic carbocycles. The average Bonchev–Trinajstić information content (AvgIpc) is 2.02. The molecular formula is C9H15NO2. The maximum atomic E-state index is 10.7. The van der Waals surface area contributed by atoms with Crippen LogP contribution in [0.2, 0.25) is 0 Å². The number of hydrogen-bond acceptors (Lipinski definition) is 3. The highest BCUT2D eigenvalue weighted by Crippen LogP contribution is 2.39. The van der Waals surface area contributed by atoms with Crippen molar-refractivity contribution in [3.8, 4) is 0 Å². The number of nitrogens with one attached hydrogen (secondary N) is 1. The predicted octanol–water partition coefficient (Wildman–Crippen LogP) is 0.0768. The van der Waals surface area contributed by atoms with Gasteiger partial charge in [-0.05, 0) is 26.2 Å². The lowest BCUT2D eigenvalue weighted by atomic mass is 9.67. The maximum absolute atomic E-state index is 10.7. The van der Waals surface area contributed by atoms with Crippen LogP contribution < -0.4 is 5.32 Å². The third kappa shape index (κ3) is 1.08. The Kier molecular flexibility index (Phi) is 1.73. The molecule has 3 nitrogen and oxygen atoms in total. The number of hydrogen-bond donors (Lipinski definition) is 2. The van der Waals surface area contributed by atoms with Crippen LogP contribution in [0.25, 0.3) is 0 Å². The first-order valence-corrected chi connectivity index (χ1v) is 4.57. The van der Waals surface area contributed by atoms with Crippen LogP contribution in [0, 0.1) is 5.92 Å². The molecule has 0 unspecified atom stereocenters. The van der Waals surface area contributed by atoms with E-state index in [1.165, 1.54) is 0 Å². The monoisotopic (exact) mass is 169 g/mol. The van der Waals surface area contributed by atoms with E-state index in [2.05, 4.69) is 5.32 Å². The first-order chi connectivity index (χ1) is 5.63. The second-order valence-electron chi connectivity index (χ2n) is 4.27. The fourth-order valence-electron chi connectivity index (χ4n) is 2.68. The van der Waals surface area contributed by atoms with Gasteiger partial charge in [0.15, 0.2) is 0 Å². The highest BCUT2D eigenvalue weighted by atomic mass is 16.3. The molecule has 0 aromatic heterocycles. The van der Waals surface area contributed by atoms with Crippen molar-refractivity contribution < 1.29 is 9.90 Å². The van der Waals surface area contributed by atoms with E-state index in [4.69, 9.17) is 0 Å². The molecule has 2 aliphatic heterocycles. The third-order valence-corrected chi connectivity index (χ3v) is 3.29. The molecule has 68 valence electrons. The van der Waals surface area contributed by atoms with Gasteiger partial charge in [0.2, 0.25) is 0 Å². The van der Waals surface area contributed by atoms with Crippen molar-refractivity contribution in [3.05, 3.63) is 0 Å². The van der Waals surface area contributed by atoms with E-state index in [0.717, 1.165) is 25.5 Å². The van der Waals surface area contributed by atoms with E-state index in [1.807, 2.05) is 6.92 Å². The van der Waals surface area contributed by atoms with E-state index in [-0.39, 0.29) is 12.0 Å². The second-order valence-corrected chi connectivity index (χ2v) is 4.27. The topological polar surface area (TPSA) is 49.3 Å². The summed E-state index contributed by atoms with van der Waals surface area (Å²) in [6, 6.07) is 0.229. The molecular weight excluding hydrogens is 154 g/mol. The van der Waals surface area contributed by atoms with Gasteiger partial charge >= 0.3 is 0 Å². The van der Waals surface area contributed by atoms with Gasteiger partial charge in [-0.1, -0.05) is 0 Å². The quantitative estimate of drug-likeness (QED) is 0.546. The molecule has 2 N–H and O–H groups in total. The van der Waals surface area contributed by atoms with Crippen LogP contribution in [0.5, 0.6) is 0 Å². The maximum Gasteiger partial charge on any atom is 0.137 e. The molecule has 3 aliphatic rings. The van der Waals surface area contributed by atoms with Crippen LogP contribution >= 0.6 is 0 Å². The van der Waals surface area contributed by atoms with Crippen molar-refractivity contribution >= 4 is 6.29 Å². The zero-order chi connectivity index (χ0) is 8.77. The van der Waals surface area contributed by atoms with Gasteiger partial charge in [0.05, 0.1) is 11.6 Å². The Labute approximate surface area is 72.2 Å². The fraction of sp³-hybridized carbons (Fsp3) is 0.889. The third-order valence-electron chi connectivity index (χ3n) is 3.29. The molecule has 4 atom stereocenters. The van der Waals surface area contributed by atoms with Crippen LogP contribution in [-0.2, 0) is 4.79 Å². The van der Waals surface area contributed by atoms with E-state index in [0.29, 0.717) is 6.04 Å². The van der Waals surface area contributed by atoms with Crippen molar-refractivity contribution in [2.75, 3.05) is 0 Å². The Balaban J connectivity index is 2.21. The first-order valence-electron chi connectivity index (χ1n) is 4.57. The summed E-state index contributed by atoms with van der Waals surface area (Å²) in [5.41, 5.74) is -0.625. The molecule has 1 aliphatic carbocycles. The smallest absolute Gasteiger partial charge is 0.137 e. The molecule has 3 heteroatoms. The standard InChI is InChI=1S/C9H15NO2/c1-9(12)4-6-2-3-7(9)8(5-11)10-6/h5-8,10,12H,2-4H2,1H3/t6-,7-,8+,9+/m0/s1. The minimum atomic E-state index is -0.625. The van der Waals surface area contributed by atoms with Crippen molar-refractivity contribution in [1.29, 1.82) is 0 Å². The summed E-state index contributed by atoms with van der Waals surface area (Å²) in [6.07, 6.45) is 3.81. The van der Waals surface area contributed by atoms with E-state index < -0.39 is 5.60 Å². The summed E-state index contributed by atoms with van der Waals surface area (Å²) in [5, 5.41) is 13.2. The van der Waals surface area contributed by atoms with Gasteiger partial charge in [0.25, 0.3) is 0 Å². The van der Waals surface area contributed by atoms with Crippen LogP contribution in [0.15, 0.2) is 0 Å². The molecule has 0 amide bonds. The Bertz CT molecular complexity index is 203. The molecule has 0 radical (unpaired) electrons. The summed E-state index contributed by atoms with van der Waals surface area (Å²) < 4.78 is 0. The predicted molar refractivity (Wildman–Crippen MR) is 44.7 cm³/mol. The molecule has 0 aromatic rings. The number of aldehydes is 1. The Morgan fingerprint density at radius 3 is 2.75 bits per heavy atom. The largest absolute Gasteiger partial charge is 0.390 e. The number of carbonyl (C=O) groups is 1. The highest BCUT2D eigenvalue weighted by Gasteiger charge is 2.47. The number of carbonyl (C=O) groups excluding carboxylic acids is 1. The second kappa shape index (κ2) is 2.54. The molecule has 0 spiro atoms. The first kappa shape index (κ1) is 8.20. The lowest BCUT2D eigenvalue weighted by Crippen LogP contribution is -2.63. The van der Waals surface area contributed by atoms with E-state index >= 15 is 0 Å². The number of rotatable bonds is 1. The normalized spacial score (nSPS) is 52.3. The van der Waals surface area contributed by atoms with Crippen LogP contribution in [0.1, 0.15) is 26.2 Å². The average molecular weight is 169 g/mol. The van der Waals surface area contributed by atoms with Crippen molar-refractivity contribution in [2.45, 2.75) is 43.9 Å². The van der Waals surface area contributed by atoms with Gasteiger partial charge in [0, 0.05) is 12.0 Å². The molecule has 2 heterocycles. The fourth-order valence-corrected chi connectivity index (χ4v) is 2.68. The van der Waals surface area contributed by atoms with Gasteiger partial charge in [-0.2, -0.15) is 0 Å². The minimum Gasteiger partial charge on any atom is -0.390 e. The summed E-state index contributed by atoms with van der Waals surface area (Å²) in [4.78, 5) is 10.7. The number of aliphatic hydroxyl groups is 1. The molecule has 3 fully saturated rings. The van der Waals surface area contributed by atoms with Crippen LogP contribution in [0.3, 0.4) is 0 Å². The Morgan fingerprint density at radius 1 is 1.58 bits per heavy atom.